The minimum atomic E-state index is -0.511. The predicted molar refractivity (Wildman–Crippen MR) is 105 cm³/mol. The van der Waals surface area contributed by atoms with Crippen LogP contribution in [-0.4, -0.2) is 44.1 Å². The molecule has 0 fully saturated rings. The van der Waals surface area contributed by atoms with Crippen molar-refractivity contribution in [3.8, 4) is 11.4 Å². The van der Waals surface area contributed by atoms with Crippen LogP contribution in [0.2, 0.25) is 0 Å². The molecule has 0 aliphatic rings. The van der Waals surface area contributed by atoms with Crippen molar-refractivity contribution in [1.82, 2.24) is 24.6 Å². The normalized spacial score (nSPS) is 10.7. The molecule has 8 heteroatoms. The third kappa shape index (κ3) is 4.16. The summed E-state index contributed by atoms with van der Waals surface area (Å²) in [5, 5.41) is 6.95. The van der Waals surface area contributed by atoms with Crippen molar-refractivity contribution in [2.75, 3.05) is 18.9 Å². The number of carbonyl (C=O) groups excluding carboxylic acids is 1. The predicted octanol–water partition coefficient (Wildman–Crippen LogP) is 3.20. The first kappa shape index (κ1) is 19.5. The molecule has 2 heterocycles. The highest BCUT2D eigenvalue weighted by atomic mass is 19.1. The van der Waals surface area contributed by atoms with E-state index in [0.717, 1.165) is 18.3 Å². The number of nitrogens with one attached hydrogen (secondary N) is 1. The van der Waals surface area contributed by atoms with Crippen LogP contribution >= 0.6 is 0 Å². The van der Waals surface area contributed by atoms with Gasteiger partial charge in [-0.2, -0.15) is 5.10 Å². The van der Waals surface area contributed by atoms with E-state index in [1.807, 2.05) is 24.7 Å². The molecule has 1 N–H and O–H groups in total. The van der Waals surface area contributed by atoms with Crippen LogP contribution in [0.5, 0.6) is 0 Å². The lowest BCUT2D eigenvalue weighted by atomic mass is 10.1. The second-order valence-electron chi connectivity index (χ2n) is 6.24. The van der Waals surface area contributed by atoms with Gasteiger partial charge >= 0.3 is 0 Å². The Morgan fingerprint density at radius 2 is 1.96 bits per heavy atom. The number of anilines is 1. The van der Waals surface area contributed by atoms with Crippen molar-refractivity contribution in [3.63, 3.8) is 0 Å². The highest BCUT2D eigenvalue weighted by Gasteiger charge is 2.16. The van der Waals surface area contributed by atoms with Crippen molar-refractivity contribution in [2.45, 2.75) is 26.9 Å². The summed E-state index contributed by atoms with van der Waals surface area (Å²) in [7, 11) is 1.60. The van der Waals surface area contributed by atoms with Gasteiger partial charge in [0.1, 0.15) is 0 Å². The molecule has 0 unspecified atom stereocenters. The fraction of sp³-hybridized carbons (Fsp3) is 0.300. The maximum absolute atomic E-state index is 13.5. The first-order valence-corrected chi connectivity index (χ1v) is 9.17. The summed E-state index contributed by atoms with van der Waals surface area (Å²) in [5.74, 6) is -0.0451. The third-order valence-electron chi connectivity index (χ3n) is 4.42. The van der Waals surface area contributed by atoms with Crippen LogP contribution in [0.25, 0.3) is 11.4 Å². The van der Waals surface area contributed by atoms with Crippen LogP contribution in [0, 0.1) is 5.82 Å². The van der Waals surface area contributed by atoms with E-state index in [9.17, 15) is 9.18 Å². The minimum absolute atomic E-state index is 0.0609. The zero-order valence-electron chi connectivity index (χ0n) is 16.2. The molecule has 2 aromatic heterocycles. The Kier molecular flexibility index (Phi) is 5.98. The largest absolute Gasteiger partial charge is 0.371 e. The molecule has 3 rings (SSSR count). The first-order chi connectivity index (χ1) is 13.5. The number of aromatic nitrogens is 4. The Bertz CT molecular complexity index is 954. The van der Waals surface area contributed by atoms with Crippen LogP contribution in [0.3, 0.4) is 0 Å². The Morgan fingerprint density at radius 3 is 2.57 bits per heavy atom. The van der Waals surface area contributed by atoms with Crippen molar-refractivity contribution >= 4 is 11.7 Å². The molecule has 0 aliphatic carbocycles. The van der Waals surface area contributed by atoms with Crippen molar-refractivity contribution < 1.29 is 9.18 Å². The lowest BCUT2D eigenvalue weighted by molar-refractivity contribution is 0.0752. The van der Waals surface area contributed by atoms with Gasteiger partial charge in [0, 0.05) is 49.6 Å². The molecule has 1 amide bonds. The van der Waals surface area contributed by atoms with Gasteiger partial charge in [0.05, 0.1) is 12.4 Å². The van der Waals surface area contributed by atoms with Crippen LogP contribution in [-0.2, 0) is 13.1 Å². The Morgan fingerprint density at radius 1 is 1.21 bits per heavy atom. The maximum atomic E-state index is 13.5. The summed E-state index contributed by atoms with van der Waals surface area (Å²) in [6.45, 7) is 5.85. The van der Waals surface area contributed by atoms with E-state index in [-0.39, 0.29) is 11.7 Å². The second kappa shape index (κ2) is 8.60. The van der Waals surface area contributed by atoms with Gasteiger partial charge in [-0.15, -0.1) is 0 Å². The van der Waals surface area contributed by atoms with E-state index in [4.69, 9.17) is 0 Å². The standard InChI is InChI=1S/C20H23FN6O/c1-4-26(12-14-10-24-27(5-2)13-14)20(28)16-8-6-15(7-9-16)18-23-11-17(21)19(22-3)25-18/h6-11,13H,4-5,12H2,1-3H3,(H,22,23,25). The molecule has 3 aromatic rings. The highest BCUT2D eigenvalue weighted by molar-refractivity contribution is 5.94. The molecule has 0 spiro atoms. The lowest BCUT2D eigenvalue weighted by Gasteiger charge is -2.20. The molecule has 0 radical (unpaired) electrons. The Balaban J connectivity index is 1.76. The van der Waals surface area contributed by atoms with Gasteiger partial charge in [0.2, 0.25) is 0 Å². The summed E-state index contributed by atoms with van der Waals surface area (Å²) in [6, 6.07) is 7.01. The van der Waals surface area contributed by atoms with Gasteiger partial charge in [0.25, 0.3) is 5.91 Å². The van der Waals surface area contributed by atoms with Gasteiger partial charge in [-0.25, -0.2) is 14.4 Å². The topological polar surface area (TPSA) is 75.9 Å². The molecule has 1 aromatic carbocycles. The highest BCUT2D eigenvalue weighted by Crippen LogP contribution is 2.20. The molecular formula is C20H23FN6O. The quantitative estimate of drug-likeness (QED) is 0.679. The van der Waals surface area contributed by atoms with Crippen LogP contribution in [0.1, 0.15) is 29.8 Å². The molecule has 0 atom stereocenters. The van der Waals surface area contributed by atoms with Crippen molar-refractivity contribution in [1.29, 1.82) is 0 Å². The van der Waals surface area contributed by atoms with Crippen molar-refractivity contribution in [3.05, 3.63) is 59.8 Å². The minimum Gasteiger partial charge on any atom is -0.371 e. The zero-order valence-corrected chi connectivity index (χ0v) is 16.2. The number of rotatable bonds is 7. The van der Waals surface area contributed by atoms with Gasteiger partial charge in [0.15, 0.2) is 17.5 Å². The number of halogens is 1. The molecular weight excluding hydrogens is 359 g/mol. The fourth-order valence-corrected chi connectivity index (χ4v) is 2.83. The Hall–Kier alpha value is -3.29. The van der Waals surface area contributed by atoms with Gasteiger partial charge in [-0.05, 0) is 26.0 Å². The first-order valence-electron chi connectivity index (χ1n) is 9.17. The number of aryl methyl sites for hydroxylation is 1. The lowest BCUT2D eigenvalue weighted by Crippen LogP contribution is -2.30. The average Bonchev–Trinajstić information content (AvgIpc) is 3.20. The summed E-state index contributed by atoms with van der Waals surface area (Å²) < 4.78 is 15.4. The third-order valence-corrected chi connectivity index (χ3v) is 4.42. The second-order valence-corrected chi connectivity index (χ2v) is 6.24. The average molecular weight is 382 g/mol. The van der Waals surface area contributed by atoms with Crippen molar-refractivity contribution in [2.24, 2.45) is 0 Å². The zero-order chi connectivity index (χ0) is 20.1. The monoisotopic (exact) mass is 382 g/mol. The Labute approximate surface area is 163 Å². The number of hydrogen-bond acceptors (Lipinski definition) is 5. The van der Waals surface area contributed by atoms with Crippen LogP contribution in [0.4, 0.5) is 10.2 Å². The summed E-state index contributed by atoms with van der Waals surface area (Å²) in [6.07, 6.45) is 4.86. The summed E-state index contributed by atoms with van der Waals surface area (Å²) in [4.78, 5) is 22.8. The fourth-order valence-electron chi connectivity index (χ4n) is 2.83. The molecule has 0 saturated heterocycles. The maximum Gasteiger partial charge on any atom is 0.254 e. The van der Waals surface area contributed by atoms with Crippen LogP contribution < -0.4 is 5.32 Å². The number of carbonyl (C=O) groups is 1. The number of amides is 1. The molecule has 146 valence electrons. The smallest absolute Gasteiger partial charge is 0.254 e. The number of benzene rings is 1. The summed E-state index contributed by atoms with van der Waals surface area (Å²) in [5.41, 5.74) is 2.28. The van der Waals surface area contributed by atoms with E-state index in [1.165, 1.54) is 0 Å². The molecule has 0 saturated carbocycles. The van der Waals surface area contributed by atoms with E-state index in [1.54, 1.807) is 42.4 Å². The molecule has 0 bridgehead atoms. The van der Waals surface area contributed by atoms with Gasteiger partial charge in [-0.3, -0.25) is 9.48 Å². The SMILES string of the molecule is CCN(Cc1cnn(CC)c1)C(=O)c1ccc(-c2ncc(F)c(NC)n2)cc1. The van der Waals surface area contributed by atoms with E-state index in [0.29, 0.717) is 30.0 Å². The molecule has 7 nitrogen and oxygen atoms in total. The number of nitrogens with zero attached hydrogens (tertiary/aromatic N) is 5. The number of hydrogen-bond donors (Lipinski definition) is 1. The van der Waals surface area contributed by atoms with Gasteiger partial charge in [-0.1, -0.05) is 12.1 Å². The van der Waals surface area contributed by atoms with Crippen LogP contribution in [0.15, 0.2) is 42.9 Å². The summed E-state index contributed by atoms with van der Waals surface area (Å²) >= 11 is 0. The molecule has 0 aliphatic heterocycles. The van der Waals surface area contributed by atoms with Gasteiger partial charge < -0.3 is 10.2 Å². The van der Waals surface area contributed by atoms with E-state index >= 15 is 0 Å². The van der Waals surface area contributed by atoms with E-state index in [2.05, 4.69) is 20.4 Å². The molecule has 28 heavy (non-hydrogen) atoms. The van der Waals surface area contributed by atoms with E-state index < -0.39 is 5.82 Å².